The maximum atomic E-state index is 11.9. The van der Waals surface area contributed by atoms with Gasteiger partial charge in [0.25, 0.3) is 5.91 Å². The largest absolute Gasteiger partial charge is 0.497 e. The lowest BCUT2D eigenvalue weighted by atomic mass is 10.2. The highest BCUT2D eigenvalue weighted by molar-refractivity contribution is 5.94. The van der Waals surface area contributed by atoms with E-state index < -0.39 is 0 Å². The Labute approximate surface area is 130 Å². The van der Waals surface area contributed by atoms with Gasteiger partial charge in [-0.3, -0.25) is 4.79 Å². The fourth-order valence-electron chi connectivity index (χ4n) is 1.79. The third-order valence-electron chi connectivity index (χ3n) is 3.01. The van der Waals surface area contributed by atoms with Gasteiger partial charge in [-0.15, -0.1) is 0 Å². The number of amides is 1. The zero-order chi connectivity index (χ0) is 15.8. The monoisotopic (exact) mass is 295 g/mol. The molecule has 0 heterocycles. The van der Waals surface area contributed by atoms with E-state index in [-0.39, 0.29) is 12.5 Å². The first-order valence-electron chi connectivity index (χ1n) is 6.78. The molecular weight excluding hydrogens is 278 g/mol. The summed E-state index contributed by atoms with van der Waals surface area (Å²) in [6.07, 6.45) is 0. The maximum Gasteiger partial charge on any atom is 0.252 e. The summed E-state index contributed by atoms with van der Waals surface area (Å²) in [6, 6.07) is 14.4. The fourth-order valence-corrected chi connectivity index (χ4v) is 1.79. The summed E-state index contributed by atoms with van der Waals surface area (Å²) in [5.74, 6) is 7.24. The van der Waals surface area contributed by atoms with Gasteiger partial charge in [-0.2, -0.15) is 0 Å². The molecule has 112 valence electrons. The van der Waals surface area contributed by atoms with Gasteiger partial charge in [-0.05, 0) is 48.5 Å². The number of hydrogen-bond acceptors (Lipinski definition) is 3. The van der Waals surface area contributed by atoms with Crippen LogP contribution in [0.2, 0.25) is 0 Å². The van der Waals surface area contributed by atoms with Crippen molar-refractivity contribution >= 4 is 5.91 Å². The lowest BCUT2D eigenvalue weighted by Gasteiger charge is -2.03. The number of carbonyl (C=O) groups is 1. The predicted octanol–water partition coefficient (Wildman–Crippen LogP) is 2.49. The maximum absolute atomic E-state index is 11.9. The molecule has 0 aliphatic rings. The fraction of sp³-hybridized carbons (Fsp3) is 0.167. The van der Waals surface area contributed by atoms with Crippen molar-refractivity contribution in [1.82, 2.24) is 5.32 Å². The van der Waals surface area contributed by atoms with Crippen molar-refractivity contribution in [3.8, 4) is 23.3 Å². The van der Waals surface area contributed by atoms with Gasteiger partial charge in [0.05, 0.1) is 20.8 Å². The van der Waals surface area contributed by atoms with E-state index in [1.54, 1.807) is 38.5 Å². The van der Waals surface area contributed by atoms with Crippen molar-refractivity contribution in [2.45, 2.75) is 0 Å². The molecule has 0 aromatic heterocycles. The lowest BCUT2D eigenvalue weighted by Crippen LogP contribution is -2.23. The van der Waals surface area contributed by atoms with Crippen molar-refractivity contribution in [1.29, 1.82) is 0 Å². The Morgan fingerprint density at radius 1 is 0.955 bits per heavy atom. The first-order valence-corrected chi connectivity index (χ1v) is 6.78. The molecule has 2 rings (SSSR count). The number of benzene rings is 2. The van der Waals surface area contributed by atoms with Gasteiger partial charge >= 0.3 is 0 Å². The van der Waals surface area contributed by atoms with E-state index >= 15 is 0 Å². The average Bonchev–Trinajstić information content (AvgIpc) is 2.59. The van der Waals surface area contributed by atoms with Crippen LogP contribution in [-0.4, -0.2) is 26.7 Å². The molecule has 0 saturated carbocycles. The molecule has 4 nitrogen and oxygen atoms in total. The van der Waals surface area contributed by atoms with E-state index in [4.69, 9.17) is 9.47 Å². The Hall–Kier alpha value is -2.93. The molecule has 0 aliphatic heterocycles. The third-order valence-corrected chi connectivity index (χ3v) is 3.01. The van der Waals surface area contributed by atoms with Crippen LogP contribution in [-0.2, 0) is 0 Å². The van der Waals surface area contributed by atoms with Gasteiger partial charge in [0.2, 0.25) is 0 Å². The average molecular weight is 295 g/mol. The van der Waals surface area contributed by atoms with E-state index in [9.17, 15) is 4.79 Å². The molecule has 2 aromatic rings. The Morgan fingerprint density at radius 3 is 2.05 bits per heavy atom. The topological polar surface area (TPSA) is 47.6 Å². The Morgan fingerprint density at radius 2 is 1.50 bits per heavy atom. The van der Waals surface area contributed by atoms with E-state index in [1.165, 1.54) is 0 Å². The first-order chi connectivity index (χ1) is 10.7. The molecule has 1 N–H and O–H groups in total. The molecular formula is C18H17NO3. The molecule has 0 saturated heterocycles. The second kappa shape index (κ2) is 7.75. The highest BCUT2D eigenvalue weighted by Crippen LogP contribution is 2.11. The Kier molecular flexibility index (Phi) is 5.44. The van der Waals surface area contributed by atoms with Crippen LogP contribution in [0.3, 0.4) is 0 Å². The van der Waals surface area contributed by atoms with Crippen LogP contribution in [0.5, 0.6) is 11.5 Å². The highest BCUT2D eigenvalue weighted by Gasteiger charge is 2.03. The normalized spacial score (nSPS) is 9.36. The summed E-state index contributed by atoms with van der Waals surface area (Å²) < 4.78 is 10.1. The van der Waals surface area contributed by atoms with E-state index in [2.05, 4.69) is 17.2 Å². The summed E-state index contributed by atoms with van der Waals surface area (Å²) >= 11 is 0. The predicted molar refractivity (Wildman–Crippen MR) is 85.2 cm³/mol. The van der Waals surface area contributed by atoms with Crippen molar-refractivity contribution in [2.24, 2.45) is 0 Å². The summed E-state index contributed by atoms with van der Waals surface area (Å²) in [4.78, 5) is 11.9. The summed E-state index contributed by atoms with van der Waals surface area (Å²) in [5, 5.41) is 2.75. The standard InChI is InChI=1S/C18H17NO3/c1-21-16-9-5-14(6-10-16)4-3-13-19-18(20)15-7-11-17(22-2)12-8-15/h5-12H,13H2,1-2H3,(H,19,20). The Bertz CT molecular complexity index is 679. The van der Waals surface area contributed by atoms with Crippen LogP contribution in [0.1, 0.15) is 15.9 Å². The highest BCUT2D eigenvalue weighted by atomic mass is 16.5. The molecule has 1 amide bonds. The van der Waals surface area contributed by atoms with E-state index in [1.807, 2.05) is 24.3 Å². The van der Waals surface area contributed by atoms with Crippen LogP contribution < -0.4 is 14.8 Å². The van der Waals surface area contributed by atoms with E-state index in [0.717, 1.165) is 17.1 Å². The third kappa shape index (κ3) is 4.29. The van der Waals surface area contributed by atoms with Gasteiger partial charge in [0, 0.05) is 11.1 Å². The number of nitrogens with one attached hydrogen (secondary N) is 1. The van der Waals surface area contributed by atoms with Crippen molar-refractivity contribution in [3.63, 3.8) is 0 Å². The van der Waals surface area contributed by atoms with Crippen LogP contribution in [0.4, 0.5) is 0 Å². The van der Waals surface area contributed by atoms with Crippen molar-refractivity contribution < 1.29 is 14.3 Å². The molecule has 0 fully saturated rings. The molecule has 22 heavy (non-hydrogen) atoms. The summed E-state index contributed by atoms with van der Waals surface area (Å²) in [5.41, 5.74) is 1.45. The molecule has 0 aliphatic carbocycles. The van der Waals surface area contributed by atoms with E-state index in [0.29, 0.717) is 5.56 Å². The Balaban J connectivity index is 1.87. The first kappa shape index (κ1) is 15.5. The number of hydrogen-bond donors (Lipinski definition) is 1. The van der Waals surface area contributed by atoms with Gasteiger partial charge in [0.15, 0.2) is 0 Å². The molecule has 0 unspecified atom stereocenters. The SMILES string of the molecule is COc1ccc(C#CCNC(=O)c2ccc(OC)cc2)cc1. The zero-order valence-corrected chi connectivity index (χ0v) is 12.6. The lowest BCUT2D eigenvalue weighted by molar-refractivity contribution is 0.0958. The summed E-state index contributed by atoms with van der Waals surface area (Å²) in [6.45, 7) is 0.289. The minimum atomic E-state index is -0.160. The smallest absolute Gasteiger partial charge is 0.252 e. The molecule has 0 atom stereocenters. The van der Waals surface area contributed by atoms with Crippen molar-refractivity contribution in [2.75, 3.05) is 20.8 Å². The van der Waals surface area contributed by atoms with Crippen LogP contribution >= 0.6 is 0 Å². The van der Waals surface area contributed by atoms with Gasteiger partial charge in [0.1, 0.15) is 11.5 Å². The van der Waals surface area contributed by atoms with Crippen molar-refractivity contribution in [3.05, 3.63) is 59.7 Å². The van der Waals surface area contributed by atoms with Gasteiger partial charge in [-0.25, -0.2) is 0 Å². The number of rotatable bonds is 4. The second-order valence-corrected chi connectivity index (χ2v) is 4.44. The molecule has 0 radical (unpaired) electrons. The second-order valence-electron chi connectivity index (χ2n) is 4.44. The number of carbonyl (C=O) groups excluding carboxylic acids is 1. The quantitative estimate of drug-likeness (QED) is 0.882. The van der Waals surface area contributed by atoms with Gasteiger partial charge in [-0.1, -0.05) is 11.8 Å². The minimum absolute atomic E-state index is 0.160. The van der Waals surface area contributed by atoms with Crippen LogP contribution in [0, 0.1) is 11.8 Å². The molecule has 2 aromatic carbocycles. The molecule has 0 spiro atoms. The molecule has 4 heteroatoms. The number of methoxy groups -OCH3 is 2. The zero-order valence-electron chi connectivity index (χ0n) is 12.6. The van der Waals surface area contributed by atoms with Gasteiger partial charge < -0.3 is 14.8 Å². The number of ether oxygens (including phenoxy) is 2. The molecule has 0 bridgehead atoms. The summed E-state index contributed by atoms with van der Waals surface area (Å²) in [7, 11) is 3.21. The minimum Gasteiger partial charge on any atom is -0.497 e. The van der Waals surface area contributed by atoms with Crippen LogP contribution in [0.25, 0.3) is 0 Å². The van der Waals surface area contributed by atoms with Crippen LogP contribution in [0.15, 0.2) is 48.5 Å².